The molecule has 0 bridgehead atoms. The minimum Gasteiger partial charge on any atom is -0.0622 e. The highest BCUT2D eigenvalue weighted by atomic mass is 14.3. The Morgan fingerprint density at radius 1 is 0.189 bits per heavy atom. The minimum absolute atomic E-state index is 0.00328. The summed E-state index contributed by atoms with van der Waals surface area (Å²) in [6.07, 6.45) is 0. The van der Waals surface area contributed by atoms with Gasteiger partial charge in [0.1, 0.15) is 0 Å². The van der Waals surface area contributed by atoms with Crippen molar-refractivity contribution in [1.82, 2.24) is 0 Å². The number of hydrogen-bond donors (Lipinski definition) is 0. The molecule has 0 aliphatic carbocycles. The summed E-state index contributed by atoms with van der Waals surface area (Å²) in [5.74, 6) is 0. The Bertz CT molecular complexity index is 4290. The van der Waals surface area contributed by atoms with Gasteiger partial charge in [-0.15, -0.1) is 0 Å². The summed E-state index contributed by atoms with van der Waals surface area (Å²) in [5, 5.41) is 15.2. The molecule has 0 atom stereocenters. The lowest BCUT2D eigenvalue weighted by Crippen LogP contribution is -2.11. The van der Waals surface area contributed by atoms with Crippen molar-refractivity contribution < 1.29 is 0 Å². The normalized spacial score (nSPS) is 12.2. The zero-order valence-electron chi connectivity index (χ0n) is 43.1. The third-order valence-electron chi connectivity index (χ3n) is 15.7. The molecule has 0 N–H and O–H groups in total. The Hall–Kier alpha value is -8.58. The van der Waals surface area contributed by atoms with E-state index < -0.39 is 0 Å². The van der Waals surface area contributed by atoms with Gasteiger partial charge < -0.3 is 0 Å². The predicted octanol–water partition coefficient (Wildman–Crippen LogP) is 21.2. The Kier molecular flexibility index (Phi) is 10.8. The Balaban J connectivity index is 0.896. The van der Waals surface area contributed by atoms with E-state index in [1.54, 1.807) is 0 Å². The molecule has 0 amide bonds. The number of fused-ring (bicyclic) bond motifs is 6. The molecule has 13 aromatic rings. The van der Waals surface area contributed by atoms with E-state index in [-0.39, 0.29) is 10.8 Å². The van der Waals surface area contributed by atoms with Gasteiger partial charge in [-0.05, 0) is 190 Å². The van der Waals surface area contributed by atoms with E-state index in [2.05, 4.69) is 284 Å². The number of benzene rings is 13. The Morgan fingerprint density at radius 2 is 0.514 bits per heavy atom. The summed E-state index contributed by atoms with van der Waals surface area (Å²) in [4.78, 5) is 0. The molecular formula is C74H58. The van der Waals surface area contributed by atoms with Crippen molar-refractivity contribution in [2.75, 3.05) is 0 Å². The first-order chi connectivity index (χ1) is 35.9. The van der Waals surface area contributed by atoms with Gasteiger partial charge in [0.15, 0.2) is 0 Å². The summed E-state index contributed by atoms with van der Waals surface area (Å²) in [6.45, 7) is 13.9. The summed E-state index contributed by atoms with van der Waals surface area (Å²) in [5.41, 5.74) is 17.6. The molecule has 0 aromatic heterocycles. The van der Waals surface area contributed by atoms with Crippen LogP contribution in [0.3, 0.4) is 0 Å². The third kappa shape index (κ3) is 7.85. The molecule has 74 heavy (non-hydrogen) atoms. The first-order valence-corrected chi connectivity index (χ1v) is 26.2. The zero-order valence-corrected chi connectivity index (χ0v) is 43.1. The fourth-order valence-corrected chi connectivity index (χ4v) is 11.8. The van der Waals surface area contributed by atoms with Crippen LogP contribution >= 0.6 is 0 Å². The SMILES string of the molecule is CC(C)(C)c1ccc2c(-c3ccc(-c4ccc5cc(-c6c7ccccc7c(-c7cccc(-c8ccc9ccccc9c8)c7)c7ccccc67)ccc5c4)cc3)c3cc(C(C)(C)C)ccc3c(-c3ccccc3)c2c1. The largest absolute Gasteiger partial charge is 0.0622 e. The average molecular weight is 947 g/mol. The van der Waals surface area contributed by atoms with E-state index in [4.69, 9.17) is 0 Å². The van der Waals surface area contributed by atoms with Gasteiger partial charge in [0.25, 0.3) is 0 Å². The van der Waals surface area contributed by atoms with Gasteiger partial charge >= 0.3 is 0 Å². The van der Waals surface area contributed by atoms with Gasteiger partial charge in [0, 0.05) is 0 Å². The van der Waals surface area contributed by atoms with Crippen molar-refractivity contribution in [3.63, 3.8) is 0 Å². The summed E-state index contributed by atoms with van der Waals surface area (Å²) in [6, 6.07) is 91.2. The van der Waals surface area contributed by atoms with E-state index >= 15 is 0 Å². The fourth-order valence-electron chi connectivity index (χ4n) is 11.8. The fraction of sp³-hybridized carbons (Fsp3) is 0.108. The standard InChI is InChI=1S/C74H58/c1-73(2,3)59-38-40-66-67(45-59)69(49-18-8-7-9-19-49)65-39-37-60(74(4,5)6)46-68(65)70(66)50-30-27-48(28-31-50)53-33-34-56-44-58(36-35-55(56)42-53)72-63-25-14-12-23-61(63)71(62-24-13-15-26-64(62)72)57-22-16-21-52(43-57)54-32-29-47-17-10-11-20-51(47)41-54/h7-46H,1-6H3. The highest BCUT2D eigenvalue weighted by molar-refractivity contribution is 6.23. The van der Waals surface area contributed by atoms with Crippen LogP contribution < -0.4 is 0 Å². The van der Waals surface area contributed by atoms with E-state index in [1.165, 1.54) is 143 Å². The van der Waals surface area contributed by atoms with Crippen LogP contribution in [0.25, 0.3) is 131 Å². The van der Waals surface area contributed by atoms with Crippen LogP contribution in [0.5, 0.6) is 0 Å². The summed E-state index contributed by atoms with van der Waals surface area (Å²) >= 11 is 0. The summed E-state index contributed by atoms with van der Waals surface area (Å²) < 4.78 is 0. The maximum absolute atomic E-state index is 2.46. The third-order valence-corrected chi connectivity index (χ3v) is 15.7. The first-order valence-electron chi connectivity index (χ1n) is 26.2. The van der Waals surface area contributed by atoms with Crippen LogP contribution in [0.2, 0.25) is 0 Å². The van der Waals surface area contributed by atoms with Crippen LogP contribution in [0.4, 0.5) is 0 Å². The van der Waals surface area contributed by atoms with Crippen LogP contribution in [0, 0.1) is 0 Å². The number of hydrogen-bond acceptors (Lipinski definition) is 0. The predicted molar refractivity (Wildman–Crippen MR) is 321 cm³/mol. The molecule has 354 valence electrons. The average Bonchev–Trinajstić information content (AvgIpc) is 3.43. The molecule has 13 aromatic carbocycles. The van der Waals surface area contributed by atoms with Gasteiger partial charge in [-0.3, -0.25) is 0 Å². The van der Waals surface area contributed by atoms with Gasteiger partial charge in [-0.2, -0.15) is 0 Å². The molecule has 0 saturated carbocycles. The van der Waals surface area contributed by atoms with Crippen LogP contribution in [-0.4, -0.2) is 0 Å². The molecular weight excluding hydrogens is 889 g/mol. The molecule has 0 unspecified atom stereocenters. The van der Waals surface area contributed by atoms with Crippen molar-refractivity contribution in [3.05, 3.63) is 254 Å². The molecule has 13 rings (SSSR count). The topological polar surface area (TPSA) is 0 Å². The van der Waals surface area contributed by atoms with Crippen molar-refractivity contribution >= 4 is 64.6 Å². The second-order valence-electron chi connectivity index (χ2n) is 22.5. The highest BCUT2D eigenvalue weighted by Crippen LogP contribution is 2.48. The lowest BCUT2D eigenvalue weighted by molar-refractivity contribution is 0.590. The summed E-state index contributed by atoms with van der Waals surface area (Å²) in [7, 11) is 0. The molecule has 0 spiro atoms. The molecule has 0 heterocycles. The number of rotatable bonds is 6. The van der Waals surface area contributed by atoms with Crippen LogP contribution in [0.15, 0.2) is 243 Å². The Morgan fingerprint density at radius 3 is 1.05 bits per heavy atom. The van der Waals surface area contributed by atoms with Crippen LogP contribution in [0.1, 0.15) is 52.7 Å². The van der Waals surface area contributed by atoms with Gasteiger partial charge in [0.05, 0.1) is 0 Å². The van der Waals surface area contributed by atoms with Crippen molar-refractivity contribution in [1.29, 1.82) is 0 Å². The zero-order chi connectivity index (χ0) is 50.3. The lowest BCUT2D eigenvalue weighted by Gasteiger charge is -2.25. The van der Waals surface area contributed by atoms with Crippen molar-refractivity contribution in [2.24, 2.45) is 0 Å². The highest BCUT2D eigenvalue weighted by Gasteiger charge is 2.23. The quantitative estimate of drug-likeness (QED) is 0.146. The van der Waals surface area contributed by atoms with Crippen molar-refractivity contribution in [2.45, 2.75) is 52.4 Å². The van der Waals surface area contributed by atoms with E-state index in [0.29, 0.717) is 0 Å². The molecule has 0 fully saturated rings. The second kappa shape index (κ2) is 17.6. The van der Waals surface area contributed by atoms with E-state index in [0.717, 1.165) is 0 Å². The molecule has 0 radical (unpaired) electrons. The van der Waals surface area contributed by atoms with Crippen LogP contribution in [-0.2, 0) is 10.8 Å². The Labute approximate surface area is 435 Å². The molecule has 0 aliphatic rings. The minimum atomic E-state index is 0.00328. The second-order valence-corrected chi connectivity index (χ2v) is 22.5. The van der Waals surface area contributed by atoms with E-state index in [9.17, 15) is 0 Å². The van der Waals surface area contributed by atoms with Gasteiger partial charge in [-0.25, -0.2) is 0 Å². The van der Waals surface area contributed by atoms with Gasteiger partial charge in [0.2, 0.25) is 0 Å². The maximum Gasteiger partial charge on any atom is -0.00262 e. The monoisotopic (exact) mass is 946 g/mol. The van der Waals surface area contributed by atoms with Gasteiger partial charge in [-0.1, -0.05) is 248 Å². The molecule has 0 heteroatoms. The smallest absolute Gasteiger partial charge is 0.00262 e. The first kappa shape index (κ1) is 45.3. The molecule has 0 saturated heterocycles. The maximum atomic E-state index is 2.46. The lowest BCUT2D eigenvalue weighted by atomic mass is 9.79. The molecule has 0 nitrogen and oxygen atoms in total. The van der Waals surface area contributed by atoms with E-state index in [1.807, 2.05) is 0 Å². The molecule has 0 aliphatic heterocycles. The van der Waals surface area contributed by atoms with Crippen molar-refractivity contribution in [3.8, 4) is 66.8 Å².